The van der Waals surface area contributed by atoms with Crippen molar-refractivity contribution in [1.29, 1.82) is 0 Å². The van der Waals surface area contributed by atoms with Crippen LogP contribution in [0.5, 0.6) is 0 Å². The van der Waals surface area contributed by atoms with Crippen molar-refractivity contribution in [3.05, 3.63) is 28.4 Å². The lowest BCUT2D eigenvalue weighted by Crippen LogP contribution is -2.05. The highest BCUT2D eigenvalue weighted by Crippen LogP contribution is 2.14. The van der Waals surface area contributed by atoms with Crippen LogP contribution in [0.2, 0.25) is 0 Å². The van der Waals surface area contributed by atoms with E-state index in [4.69, 9.17) is 9.52 Å². The van der Waals surface area contributed by atoms with E-state index in [1.54, 1.807) is 0 Å². The standard InChI is InChI=1S/C10H10N4O4/c15-7-5-4-6(11-12-7)10-14-13-8(18-10)2-1-3-9(16)17/h4-5H,1-3H2,(H,12,15)(H,16,17). The minimum absolute atomic E-state index is 0.0502. The van der Waals surface area contributed by atoms with Gasteiger partial charge in [-0.15, -0.1) is 10.2 Å². The lowest BCUT2D eigenvalue weighted by atomic mass is 10.2. The second-order valence-electron chi connectivity index (χ2n) is 3.55. The fourth-order valence-corrected chi connectivity index (χ4v) is 1.31. The highest BCUT2D eigenvalue weighted by molar-refractivity contribution is 5.66. The summed E-state index contributed by atoms with van der Waals surface area (Å²) in [5.74, 6) is -0.326. The number of hydrogen-bond acceptors (Lipinski definition) is 6. The van der Waals surface area contributed by atoms with Gasteiger partial charge in [-0.1, -0.05) is 0 Å². The molecule has 0 amide bonds. The molecule has 0 saturated carbocycles. The predicted molar refractivity (Wildman–Crippen MR) is 58.7 cm³/mol. The lowest BCUT2D eigenvalue weighted by Gasteiger charge is -1.92. The average Bonchev–Trinajstić information content (AvgIpc) is 2.78. The van der Waals surface area contributed by atoms with E-state index in [2.05, 4.69) is 20.4 Å². The third kappa shape index (κ3) is 3.00. The molecule has 0 aromatic carbocycles. The molecule has 0 unspecified atom stereocenters. The number of H-pyrrole nitrogens is 1. The summed E-state index contributed by atoms with van der Waals surface area (Å²) < 4.78 is 5.29. The van der Waals surface area contributed by atoms with E-state index in [9.17, 15) is 9.59 Å². The number of carbonyl (C=O) groups is 1. The van der Waals surface area contributed by atoms with Gasteiger partial charge in [0.2, 0.25) is 5.89 Å². The van der Waals surface area contributed by atoms with Crippen molar-refractivity contribution in [1.82, 2.24) is 20.4 Å². The van der Waals surface area contributed by atoms with Crippen molar-refractivity contribution in [2.45, 2.75) is 19.3 Å². The second kappa shape index (κ2) is 5.21. The lowest BCUT2D eigenvalue weighted by molar-refractivity contribution is -0.137. The van der Waals surface area contributed by atoms with Gasteiger partial charge in [0.05, 0.1) is 0 Å². The molecule has 8 heteroatoms. The molecule has 0 bridgehead atoms. The zero-order valence-electron chi connectivity index (χ0n) is 9.29. The largest absolute Gasteiger partial charge is 0.481 e. The molecule has 18 heavy (non-hydrogen) atoms. The fraction of sp³-hybridized carbons (Fsp3) is 0.300. The van der Waals surface area contributed by atoms with Crippen LogP contribution in [-0.2, 0) is 11.2 Å². The number of rotatable bonds is 5. The normalized spacial score (nSPS) is 10.4. The van der Waals surface area contributed by atoms with E-state index < -0.39 is 5.97 Å². The summed E-state index contributed by atoms with van der Waals surface area (Å²) in [4.78, 5) is 21.2. The van der Waals surface area contributed by atoms with Crippen LogP contribution in [0.1, 0.15) is 18.7 Å². The third-order valence-corrected chi connectivity index (χ3v) is 2.15. The number of aliphatic carboxylic acids is 1. The zero-order chi connectivity index (χ0) is 13.0. The Kier molecular flexibility index (Phi) is 3.46. The topological polar surface area (TPSA) is 122 Å². The van der Waals surface area contributed by atoms with Crippen molar-refractivity contribution in [3.8, 4) is 11.6 Å². The minimum atomic E-state index is -0.864. The van der Waals surface area contributed by atoms with Crippen LogP contribution in [0, 0.1) is 0 Å². The van der Waals surface area contributed by atoms with E-state index in [1.807, 2.05) is 0 Å². The van der Waals surface area contributed by atoms with Crippen LogP contribution in [0.25, 0.3) is 11.6 Å². The molecule has 0 aliphatic carbocycles. The monoisotopic (exact) mass is 250 g/mol. The number of hydrogen-bond donors (Lipinski definition) is 2. The fourth-order valence-electron chi connectivity index (χ4n) is 1.31. The maximum absolute atomic E-state index is 10.8. The van der Waals surface area contributed by atoms with Gasteiger partial charge in [-0.3, -0.25) is 9.59 Å². The van der Waals surface area contributed by atoms with Crippen LogP contribution in [0.3, 0.4) is 0 Å². The quantitative estimate of drug-likeness (QED) is 0.778. The molecule has 0 saturated heterocycles. The van der Waals surface area contributed by atoms with Gasteiger partial charge in [-0.05, 0) is 12.5 Å². The van der Waals surface area contributed by atoms with Gasteiger partial charge in [0.25, 0.3) is 11.4 Å². The summed E-state index contributed by atoms with van der Waals surface area (Å²) in [6.07, 6.45) is 0.868. The smallest absolute Gasteiger partial charge is 0.303 e. The number of carboxylic acid groups (broad SMARTS) is 1. The van der Waals surface area contributed by atoms with Crippen molar-refractivity contribution >= 4 is 5.97 Å². The molecule has 0 radical (unpaired) electrons. The molecule has 0 spiro atoms. The Labute approximate surface area is 101 Å². The molecule has 2 aromatic rings. The first-order chi connectivity index (χ1) is 8.65. The Balaban J connectivity index is 2.03. The maximum atomic E-state index is 10.8. The molecule has 0 aliphatic rings. The molecule has 2 N–H and O–H groups in total. The molecular formula is C10H10N4O4. The van der Waals surface area contributed by atoms with E-state index in [0.717, 1.165) is 0 Å². The SMILES string of the molecule is O=C(O)CCCc1nnc(-c2ccc(=O)[nH]n2)o1. The molecule has 94 valence electrons. The van der Waals surface area contributed by atoms with Gasteiger partial charge >= 0.3 is 5.97 Å². The first kappa shape index (κ1) is 12.0. The Morgan fingerprint density at radius 2 is 2.22 bits per heavy atom. The van der Waals surface area contributed by atoms with Crippen LogP contribution in [-0.4, -0.2) is 31.5 Å². The predicted octanol–water partition coefficient (Wildman–Crippen LogP) is 0.227. The zero-order valence-corrected chi connectivity index (χ0v) is 9.29. The van der Waals surface area contributed by atoms with Crippen molar-refractivity contribution in [2.75, 3.05) is 0 Å². The van der Waals surface area contributed by atoms with Gasteiger partial charge < -0.3 is 9.52 Å². The maximum Gasteiger partial charge on any atom is 0.303 e. The molecule has 8 nitrogen and oxygen atoms in total. The summed E-state index contributed by atoms with van der Waals surface area (Å²) in [7, 11) is 0. The number of nitrogens with zero attached hydrogens (tertiary/aromatic N) is 3. The third-order valence-electron chi connectivity index (χ3n) is 2.15. The van der Waals surface area contributed by atoms with Crippen molar-refractivity contribution in [2.24, 2.45) is 0 Å². The van der Waals surface area contributed by atoms with Gasteiger partial charge in [-0.25, -0.2) is 5.10 Å². The molecule has 0 fully saturated rings. The van der Waals surface area contributed by atoms with E-state index >= 15 is 0 Å². The number of aryl methyl sites for hydroxylation is 1. The molecule has 2 aromatic heterocycles. The Bertz CT molecular complexity index is 583. The van der Waals surface area contributed by atoms with E-state index in [1.165, 1.54) is 12.1 Å². The summed E-state index contributed by atoms with van der Waals surface area (Å²) in [5, 5.41) is 22.0. The first-order valence-corrected chi connectivity index (χ1v) is 5.25. The van der Waals surface area contributed by atoms with Crippen LogP contribution < -0.4 is 5.56 Å². The highest BCUT2D eigenvalue weighted by Gasteiger charge is 2.10. The molecule has 0 atom stereocenters. The summed E-state index contributed by atoms with van der Waals surface area (Å²) in [5.41, 5.74) is 0.0477. The molecule has 2 rings (SSSR count). The van der Waals surface area contributed by atoms with Gasteiger partial charge in [0.1, 0.15) is 5.69 Å². The van der Waals surface area contributed by atoms with Gasteiger partial charge in [0.15, 0.2) is 0 Å². The summed E-state index contributed by atoms with van der Waals surface area (Å²) in [6.45, 7) is 0. The molecule has 0 aliphatic heterocycles. The Hall–Kier alpha value is -2.51. The number of aromatic nitrogens is 4. The first-order valence-electron chi connectivity index (χ1n) is 5.25. The molecule has 2 heterocycles. The number of aromatic amines is 1. The summed E-state index contributed by atoms with van der Waals surface area (Å²) >= 11 is 0. The second-order valence-corrected chi connectivity index (χ2v) is 3.55. The van der Waals surface area contributed by atoms with Crippen molar-refractivity contribution in [3.63, 3.8) is 0 Å². The Morgan fingerprint density at radius 1 is 1.39 bits per heavy atom. The number of nitrogens with one attached hydrogen (secondary N) is 1. The van der Waals surface area contributed by atoms with Crippen LogP contribution >= 0.6 is 0 Å². The van der Waals surface area contributed by atoms with E-state index in [-0.39, 0.29) is 17.9 Å². The number of carboxylic acids is 1. The highest BCUT2D eigenvalue weighted by atomic mass is 16.4. The van der Waals surface area contributed by atoms with Gasteiger partial charge in [0, 0.05) is 18.9 Å². The van der Waals surface area contributed by atoms with Crippen molar-refractivity contribution < 1.29 is 14.3 Å². The van der Waals surface area contributed by atoms with Crippen LogP contribution in [0.4, 0.5) is 0 Å². The minimum Gasteiger partial charge on any atom is -0.481 e. The average molecular weight is 250 g/mol. The van der Waals surface area contributed by atoms with E-state index in [0.29, 0.717) is 24.4 Å². The molecular weight excluding hydrogens is 240 g/mol. The Morgan fingerprint density at radius 3 is 2.89 bits per heavy atom. The van der Waals surface area contributed by atoms with Crippen LogP contribution in [0.15, 0.2) is 21.3 Å². The van der Waals surface area contributed by atoms with Gasteiger partial charge in [-0.2, -0.15) is 5.10 Å². The summed E-state index contributed by atoms with van der Waals surface area (Å²) in [6, 6.07) is 2.77.